The number of unbranched alkanes of at least 4 members (excludes halogenated alkanes) is 17. The van der Waals surface area contributed by atoms with Gasteiger partial charge in [0.15, 0.2) is 0 Å². The van der Waals surface area contributed by atoms with Crippen LogP contribution in [0.4, 0.5) is 0 Å². The van der Waals surface area contributed by atoms with Crippen molar-refractivity contribution in [2.75, 3.05) is 0 Å². The predicted molar refractivity (Wildman–Crippen MR) is 115 cm³/mol. The zero-order valence-electron chi connectivity index (χ0n) is 17.7. The lowest BCUT2D eigenvalue weighted by atomic mass is 10.0. The number of carboxylic acid groups (broad SMARTS) is 1. The van der Waals surface area contributed by atoms with Gasteiger partial charge in [-0.25, -0.2) is 0 Å². The maximum absolute atomic E-state index is 10.4. The van der Waals surface area contributed by atoms with Crippen molar-refractivity contribution >= 4 is 5.97 Å². The smallest absolute Gasteiger partial charge is 0.303 e. The number of hydrogen-bond donors (Lipinski definition) is 1. The molecule has 1 N–H and O–H groups in total. The Labute approximate surface area is 163 Å². The summed E-state index contributed by atoms with van der Waals surface area (Å²) in [6.07, 6.45) is 30.1. The van der Waals surface area contributed by atoms with Gasteiger partial charge in [0.25, 0.3) is 0 Å². The third-order valence-electron chi connectivity index (χ3n) is 5.15. The van der Waals surface area contributed by atoms with E-state index in [1.165, 1.54) is 109 Å². The molecule has 0 aromatic heterocycles. The Morgan fingerprint density at radius 3 is 1.31 bits per heavy atom. The van der Waals surface area contributed by atoms with E-state index in [1.807, 2.05) is 0 Å². The quantitative estimate of drug-likeness (QED) is 0.163. The lowest BCUT2D eigenvalue weighted by molar-refractivity contribution is -0.137. The topological polar surface area (TPSA) is 37.3 Å². The molecule has 0 radical (unpaired) electrons. The van der Waals surface area contributed by atoms with Gasteiger partial charge >= 0.3 is 5.97 Å². The predicted octanol–water partition coefficient (Wildman–Crippen LogP) is 8.45. The van der Waals surface area contributed by atoms with Crippen molar-refractivity contribution in [2.24, 2.45) is 0 Å². The Hall–Kier alpha value is -0.790. The second kappa shape index (κ2) is 22.3. The molecular weight excluding hydrogens is 320 g/mol. The summed E-state index contributed by atoms with van der Waals surface area (Å²) in [5, 5.41) is 8.57. The van der Waals surface area contributed by atoms with Crippen molar-refractivity contribution in [2.45, 2.75) is 135 Å². The van der Waals surface area contributed by atoms with Gasteiger partial charge < -0.3 is 5.11 Å². The molecule has 0 fully saturated rings. The molecule has 0 unspecified atom stereocenters. The molecule has 0 amide bonds. The summed E-state index contributed by atoms with van der Waals surface area (Å²) in [6.45, 7) is 2.28. The molecule has 2 heteroatoms. The van der Waals surface area contributed by atoms with Crippen molar-refractivity contribution in [3.63, 3.8) is 0 Å². The zero-order chi connectivity index (χ0) is 19.1. The lowest BCUT2D eigenvalue weighted by Crippen LogP contribution is -1.93. The van der Waals surface area contributed by atoms with E-state index < -0.39 is 5.97 Å². The van der Waals surface area contributed by atoms with Crippen LogP contribution in [0.1, 0.15) is 135 Å². The van der Waals surface area contributed by atoms with Crippen molar-refractivity contribution in [1.29, 1.82) is 0 Å². The Bertz CT molecular complexity index is 309. The van der Waals surface area contributed by atoms with Crippen LogP contribution in [0.5, 0.6) is 0 Å². The molecule has 0 heterocycles. The van der Waals surface area contributed by atoms with Gasteiger partial charge in [-0.3, -0.25) is 4.79 Å². The fraction of sp³-hybridized carbons (Fsp3) is 0.875. The number of hydrogen-bond acceptors (Lipinski definition) is 1. The van der Waals surface area contributed by atoms with Crippen LogP contribution in [0.25, 0.3) is 0 Å². The number of aliphatic carboxylic acids is 1. The average molecular weight is 367 g/mol. The normalized spacial score (nSPS) is 11.4. The van der Waals surface area contributed by atoms with Crippen molar-refractivity contribution in [3.05, 3.63) is 12.2 Å². The minimum absolute atomic E-state index is 0.341. The van der Waals surface area contributed by atoms with E-state index >= 15 is 0 Å². The Morgan fingerprint density at radius 1 is 0.577 bits per heavy atom. The second-order valence-corrected chi connectivity index (χ2v) is 7.85. The first-order valence-electron chi connectivity index (χ1n) is 11.6. The summed E-state index contributed by atoms with van der Waals surface area (Å²) >= 11 is 0. The van der Waals surface area contributed by atoms with Crippen LogP contribution in [0.15, 0.2) is 12.2 Å². The van der Waals surface area contributed by atoms with Gasteiger partial charge in [-0.05, 0) is 32.1 Å². The lowest BCUT2D eigenvalue weighted by Gasteiger charge is -2.02. The highest BCUT2D eigenvalue weighted by molar-refractivity contribution is 5.66. The van der Waals surface area contributed by atoms with Gasteiger partial charge in [0.1, 0.15) is 0 Å². The van der Waals surface area contributed by atoms with Crippen molar-refractivity contribution in [3.8, 4) is 0 Å². The second-order valence-electron chi connectivity index (χ2n) is 7.85. The first-order valence-corrected chi connectivity index (χ1v) is 11.6. The SMILES string of the molecule is CCCCCCCCCC=CCCCCCCCCCCCCC(=O)O. The summed E-state index contributed by atoms with van der Waals surface area (Å²) in [5.74, 6) is -0.655. The van der Waals surface area contributed by atoms with E-state index in [9.17, 15) is 4.79 Å². The van der Waals surface area contributed by atoms with Crippen LogP contribution in [-0.2, 0) is 4.79 Å². The van der Waals surface area contributed by atoms with Gasteiger partial charge in [-0.2, -0.15) is 0 Å². The van der Waals surface area contributed by atoms with E-state index in [-0.39, 0.29) is 0 Å². The van der Waals surface area contributed by atoms with Gasteiger partial charge in [-0.15, -0.1) is 0 Å². The molecule has 0 aliphatic carbocycles. The highest BCUT2D eigenvalue weighted by Gasteiger charge is 1.96. The molecule has 0 atom stereocenters. The summed E-state index contributed by atoms with van der Waals surface area (Å²) in [7, 11) is 0. The van der Waals surface area contributed by atoms with E-state index in [4.69, 9.17) is 5.11 Å². The molecule has 154 valence electrons. The molecule has 26 heavy (non-hydrogen) atoms. The van der Waals surface area contributed by atoms with Gasteiger partial charge in [0, 0.05) is 6.42 Å². The monoisotopic (exact) mass is 366 g/mol. The molecule has 0 aromatic carbocycles. The first kappa shape index (κ1) is 25.2. The maximum Gasteiger partial charge on any atom is 0.303 e. The van der Waals surface area contributed by atoms with Crippen LogP contribution in [0.3, 0.4) is 0 Å². The van der Waals surface area contributed by atoms with Crippen LogP contribution in [0.2, 0.25) is 0 Å². The molecule has 0 aromatic rings. The molecule has 0 aliphatic rings. The number of carbonyl (C=O) groups is 1. The molecule has 0 saturated heterocycles. The minimum Gasteiger partial charge on any atom is -0.481 e. The van der Waals surface area contributed by atoms with Crippen LogP contribution in [0, 0.1) is 0 Å². The summed E-state index contributed by atoms with van der Waals surface area (Å²) in [4.78, 5) is 10.4. The minimum atomic E-state index is -0.655. The van der Waals surface area contributed by atoms with Crippen molar-refractivity contribution in [1.82, 2.24) is 0 Å². The Balaban J connectivity index is 3.07. The standard InChI is InChI=1S/C24H46O2/c1-2-3-4-5-6-7-8-9-10-11-12-13-14-15-16-17-18-19-20-21-22-23-24(25)26/h10-11H,2-9,12-23H2,1H3,(H,25,26). The van der Waals surface area contributed by atoms with Crippen LogP contribution >= 0.6 is 0 Å². The van der Waals surface area contributed by atoms with E-state index in [1.54, 1.807) is 0 Å². The third kappa shape index (κ3) is 23.2. The molecule has 0 saturated carbocycles. The molecule has 0 spiro atoms. The fourth-order valence-electron chi connectivity index (χ4n) is 3.41. The highest BCUT2D eigenvalue weighted by atomic mass is 16.4. The molecule has 0 rings (SSSR count). The van der Waals surface area contributed by atoms with Crippen LogP contribution in [-0.4, -0.2) is 11.1 Å². The number of allylic oxidation sites excluding steroid dienone is 2. The number of rotatable bonds is 21. The summed E-state index contributed by atoms with van der Waals surface area (Å²) < 4.78 is 0. The summed E-state index contributed by atoms with van der Waals surface area (Å²) in [6, 6.07) is 0. The van der Waals surface area contributed by atoms with E-state index in [0.717, 1.165) is 12.8 Å². The molecule has 0 bridgehead atoms. The summed E-state index contributed by atoms with van der Waals surface area (Å²) in [5.41, 5.74) is 0. The maximum atomic E-state index is 10.4. The zero-order valence-corrected chi connectivity index (χ0v) is 17.7. The Morgan fingerprint density at radius 2 is 0.923 bits per heavy atom. The van der Waals surface area contributed by atoms with Gasteiger partial charge in [-0.1, -0.05) is 109 Å². The Kier molecular flexibility index (Phi) is 21.6. The largest absolute Gasteiger partial charge is 0.481 e. The average Bonchev–Trinajstić information content (AvgIpc) is 2.62. The molecule has 0 aliphatic heterocycles. The highest BCUT2D eigenvalue weighted by Crippen LogP contribution is 2.13. The third-order valence-corrected chi connectivity index (χ3v) is 5.15. The van der Waals surface area contributed by atoms with Crippen molar-refractivity contribution < 1.29 is 9.90 Å². The van der Waals surface area contributed by atoms with Gasteiger partial charge in [0.05, 0.1) is 0 Å². The van der Waals surface area contributed by atoms with E-state index in [2.05, 4.69) is 19.1 Å². The first-order chi connectivity index (χ1) is 12.8. The van der Waals surface area contributed by atoms with Gasteiger partial charge in [0.2, 0.25) is 0 Å². The van der Waals surface area contributed by atoms with Crippen LogP contribution < -0.4 is 0 Å². The van der Waals surface area contributed by atoms with E-state index in [0.29, 0.717) is 6.42 Å². The molecule has 2 nitrogen and oxygen atoms in total. The number of carboxylic acids is 1. The molecular formula is C24H46O2. The fourth-order valence-corrected chi connectivity index (χ4v) is 3.41.